The van der Waals surface area contributed by atoms with Crippen molar-refractivity contribution < 1.29 is 17.8 Å². The first-order chi connectivity index (χ1) is 10.1. The Balaban J connectivity index is 0. The first-order valence-corrected chi connectivity index (χ1v) is 8.14. The van der Waals surface area contributed by atoms with Crippen LogP contribution in [0, 0.1) is 6.92 Å². The van der Waals surface area contributed by atoms with Crippen molar-refractivity contribution in [3.05, 3.63) is 42.0 Å². The van der Waals surface area contributed by atoms with Crippen LogP contribution in [0.5, 0.6) is 0 Å². The van der Waals surface area contributed by atoms with E-state index in [2.05, 4.69) is 11.9 Å². The van der Waals surface area contributed by atoms with Crippen LogP contribution in [-0.2, 0) is 14.9 Å². The second kappa shape index (κ2) is 11.9. The van der Waals surface area contributed by atoms with E-state index in [1.165, 1.54) is 6.07 Å². The molecule has 0 unspecified atom stereocenters. The van der Waals surface area contributed by atoms with Crippen molar-refractivity contribution in [2.24, 2.45) is 5.73 Å². The van der Waals surface area contributed by atoms with Crippen LogP contribution >= 0.6 is 0 Å². The number of hydrogen-bond donors (Lipinski definition) is 3. The number of carbonyl (C=O) groups is 1. The summed E-state index contributed by atoms with van der Waals surface area (Å²) in [5.41, 5.74) is 5.96. The number of amides is 1. The zero-order valence-corrected chi connectivity index (χ0v) is 14.4. The molecule has 1 aromatic rings. The number of primary amides is 1. The molecular formula is C15H26N2O4S. The fourth-order valence-corrected chi connectivity index (χ4v) is 2.00. The van der Waals surface area contributed by atoms with Crippen LogP contribution in [0.15, 0.2) is 41.3 Å². The lowest BCUT2D eigenvalue weighted by Gasteiger charge is -1.99. The summed E-state index contributed by atoms with van der Waals surface area (Å²) in [7, 11) is -0.283. The lowest BCUT2D eigenvalue weighted by atomic mass is 10.2. The molecule has 4 N–H and O–H groups in total. The van der Waals surface area contributed by atoms with Gasteiger partial charge in [0.15, 0.2) is 0 Å². The average Bonchev–Trinajstić information content (AvgIpc) is 2.39. The second-order valence-corrected chi connectivity index (χ2v) is 5.85. The highest BCUT2D eigenvalue weighted by molar-refractivity contribution is 7.85. The number of nitrogens with one attached hydrogen (secondary N) is 1. The Hall–Kier alpha value is -1.70. The fourth-order valence-electron chi connectivity index (χ4n) is 1.27. The Morgan fingerprint density at radius 2 is 1.77 bits per heavy atom. The molecular weight excluding hydrogens is 304 g/mol. The van der Waals surface area contributed by atoms with Crippen molar-refractivity contribution in [1.82, 2.24) is 5.32 Å². The SMILES string of the molecule is C=C(CCC)C(N)=O.CNC.Cc1ccccc1S(=O)(=O)O. The molecule has 1 aromatic carbocycles. The predicted molar refractivity (Wildman–Crippen MR) is 89.2 cm³/mol. The Labute approximate surface area is 133 Å². The predicted octanol–water partition coefficient (Wildman–Crippen LogP) is 1.91. The third-order valence-electron chi connectivity index (χ3n) is 2.27. The van der Waals surface area contributed by atoms with Crippen LogP contribution in [0.2, 0.25) is 0 Å². The van der Waals surface area contributed by atoms with Crippen molar-refractivity contribution in [2.45, 2.75) is 31.6 Å². The van der Waals surface area contributed by atoms with E-state index in [-0.39, 0.29) is 10.8 Å². The highest BCUT2D eigenvalue weighted by Crippen LogP contribution is 2.12. The summed E-state index contributed by atoms with van der Waals surface area (Å²) in [5, 5.41) is 2.75. The van der Waals surface area contributed by atoms with Gasteiger partial charge in [-0.05, 0) is 39.1 Å². The van der Waals surface area contributed by atoms with Crippen LogP contribution in [0.4, 0.5) is 0 Å². The topological polar surface area (TPSA) is 109 Å². The first-order valence-electron chi connectivity index (χ1n) is 6.70. The minimum Gasteiger partial charge on any atom is -0.366 e. The molecule has 0 radical (unpaired) electrons. The van der Waals surface area contributed by atoms with E-state index in [1.54, 1.807) is 25.1 Å². The molecule has 0 aliphatic carbocycles. The molecule has 0 aromatic heterocycles. The molecule has 0 atom stereocenters. The van der Waals surface area contributed by atoms with E-state index < -0.39 is 10.1 Å². The van der Waals surface area contributed by atoms with Crippen molar-refractivity contribution in [1.29, 1.82) is 0 Å². The molecule has 0 aliphatic heterocycles. The van der Waals surface area contributed by atoms with Crippen LogP contribution < -0.4 is 11.1 Å². The molecule has 1 amide bonds. The van der Waals surface area contributed by atoms with E-state index in [0.29, 0.717) is 11.1 Å². The van der Waals surface area contributed by atoms with Crippen molar-refractivity contribution in [2.75, 3.05) is 14.1 Å². The quantitative estimate of drug-likeness (QED) is 0.577. The zero-order chi connectivity index (χ0) is 17.8. The standard InChI is InChI=1S/C7H8O3S.C6H11NO.C2H7N/c1-6-4-2-3-5-7(6)11(8,9)10;1-3-4-5(2)6(7)8;1-3-2/h2-5H,1H3,(H,8,9,10);2-4H2,1H3,(H2,7,8);3H,1-2H3. The lowest BCUT2D eigenvalue weighted by Crippen LogP contribution is -2.12. The summed E-state index contributed by atoms with van der Waals surface area (Å²) in [6.45, 7) is 7.08. The highest BCUT2D eigenvalue weighted by atomic mass is 32.2. The van der Waals surface area contributed by atoms with E-state index in [0.717, 1.165) is 12.8 Å². The van der Waals surface area contributed by atoms with Crippen molar-refractivity contribution in [3.63, 3.8) is 0 Å². The van der Waals surface area contributed by atoms with Gasteiger partial charge in [0.05, 0.1) is 4.90 Å². The summed E-state index contributed by atoms with van der Waals surface area (Å²) in [6, 6.07) is 6.27. The molecule has 1 rings (SSSR count). The third kappa shape index (κ3) is 11.0. The first kappa shape index (κ1) is 22.6. The molecule has 0 spiro atoms. The van der Waals surface area contributed by atoms with Gasteiger partial charge >= 0.3 is 0 Å². The maximum Gasteiger partial charge on any atom is 0.294 e. The van der Waals surface area contributed by atoms with Crippen LogP contribution in [-0.4, -0.2) is 33.0 Å². The number of aryl methyl sites for hydroxylation is 1. The van der Waals surface area contributed by atoms with Gasteiger partial charge in [-0.15, -0.1) is 0 Å². The molecule has 0 fully saturated rings. The van der Waals surface area contributed by atoms with Gasteiger partial charge in [0.1, 0.15) is 0 Å². The number of nitrogens with two attached hydrogens (primary N) is 1. The van der Waals surface area contributed by atoms with E-state index in [4.69, 9.17) is 10.3 Å². The Morgan fingerprint density at radius 1 is 1.32 bits per heavy atom. The van der Waals surface area contributed by atoms with Crippen LogP contribution in [0.25, 0.3) is 0 Å². The summed E-state index contributed by atoms with van der Waals surface area (Å²) >= 11 is 0. The van der Waals surface area contributed by atoms with Gasteiger partial charge in [0, 0.05) is 5.57 Å². The summed E-state index contributed by atoms with van der Waals surface area (Å²) in [5.74, 6) is -0.383. The molecule has 22 heavy (non-hydrogen) atoms. The molecule has 7 heteroatoms. The Bertz CT molecular complexity index is 569. The minimum absolute atomic E-state index is 0.0278. The maximum atomic E-state index is 10.6. The second-order valence-electron chi connectivity index (χ2n) is 4.46. The molecule has 6 nitrogen and oxygen atoms in total. The average molecular weight is 330 g/mol. The molecule has 0 saturated heterocycles. The van der Waals surface area contributed by atoms with E-state index in [1.807, 2.05) is 21.0 Å². The molecule has 0 heterocycles. The fraction of sp³-hybridized carbons (Fsp3) is 0.400. The number of rotatable bonds is 4. The minimum atomic E-state index is -4.03. The smallest absolute Gasteiger partial charge is 0.294 e. The maximum absolute atomic E-state index is 10.6. The molecule has 0 saturated carbocycles. The summed E-state index contributed by atoms with van der Waals surface area (Å²) < 4.78 is 29.9. The van der Waals surface area contributed by atoms with Crippen molar-refractivity contribution in [3.8, 4) is 0 Å². The molecule has 126 valence electrons. The highest BCUT2D eigenvalue weighted by Gasteiger charge is 2.10. The van der Waals surface area contributed by atoms with Gasteiger partial charge in [-0.1, -0.05) is 38.1 Å². The lowest BCUT2D eigenvalue weighted by molar-refractivity contribution is -0.114. The Morgan fingerprint density at radius 3 is 2.00 bits per heavy atom. The largest absolute Gasteiger partial charge is 0.366 e. The van der Waals surface area contributed by atoms with Gasteiger partial charge < -0.3 is 11.1 Å². The number of carbonyl (C=O) groups excluding carboxylic acids is 1. The van der Waals surface area contributed by atoms with Gasteiger partial charge in [0.25, 0.3) is 10.1 Å². The number of hydrogen-bond acceptors (Lipinski definition) is 4. The van der Waals surface area contributed by atoms with Gasteiger partial charge in [0.2, 0.25) is 5.91 Å². The monoisotopic (exact) mass is 330 g/mol. The van der Waals surface area contributed by atoms with Crippen LogP contribution in [0.1, 0.15) is 25.3 Å². The number of benzene rings is 1. The van der Waals surface area contributed by atoms with E-state index in [9.17, 15) is 13.2 Å². The molecule has 0 aliphatic rings. The third-order valence-corrected chi connectivity index (χ3v) is 3.29. The summed E-state index contributed by atoms with van der Waals surface area (Å²) in [4.78, 5) is 10.2. The van der Waals surface area contributed by atoms with E-state index >= 15 is 0 Å². The zero-order valence-electron chi connectivity index (χ0n) is 13.6. The van der Waals surface area contributed by atoms with Crippen molar-refractivity contribution >= 4 is 16.0 Å². The summed E-state index contributed by atoms with van der Waals surface area (Å²) in [6.07, 6.45) is 1.65. The van der Waals surface area contributed by atoms with Gasteiger partial charge in [-0.3, -0.25) is 9.35 Å². The van der Waals surface area contributed by atoms with Crippen LogP contribution in [0.3, 0.4) is 0 Å². The van der Waals surface area contributed by atoms with Gasteiger partial charge in [-0.2, -0.15) is 8.42 Å². The Kier molecular flexibility index (Phi) is 12.2. The molecule has 0 bridgehead atoms. The van der Waals surface area contributed by atoms with Gasteiger partial charge in [-0.25, -0.2) is 0 Å². The normalized spacial score (nSPS) is 9.68.